The van der Waals surface area contributed by atoms with Gasteiger partial charge in [-0.25, -0.2) is 0 Å². The van der Waals surface area contributed by atoms with Crippen molar-refractivity contribution in [2.24, 2.45) is 5.92 Å². The standard InChI is InChI=1S/C13H20ClN5O/c1-9-4-7-19(8-10(9)20)13-16-11(14)15-12(17-13)18-5-2-3-6-18/h9-10,20H,2-8H2,1H3. The van der Waals surface area contributed by atoms with Crippen molar-refractivity contribution in [2.45, 2.75) is 32.3 Å². The Bertz CT molecular complexity index is 480. The lowest BCUT2D eigenvalue weighted by molar-refractivity contribution is 0.102. The van der Waals surface area contributed by atoms with Crippen LogP contribution in [-0.2, 0) is 0 Å². The number of aliphatic hydroxyl groups is 1. The van der Waals surface area contributed by atoms with Gasteiger partial charge in [0.05, 0.1) is 6.10 Å². The number of halogens is 1. The molecule has 110 valence electrons. The van der Waals surface area contributed by atoms with Crippen LogP contribution in [0.4, 0.5) is 11.9 Å². The minimum absolute atomic E-state index is 0.227. The Hall–Kier alpha value is -1.14. The predicted octanol–water partition coefficient (Wildman–Crippen LogP) is 1.33. The molecule has 3 rings (SSSR count). The maximum absolute atomic E-state index is 10.0. The lowest BCUT2D eigenvalue weighted by Crippen LogP contribution is -2.43. The molecular weight excluding hydrogens is 278 g/mol. The second kappa shape index (κ2) is 5.69. The van der Waals surface area contributed by atoms with Gasteiger partial charge in [0.2, 0.25) is 17.2 Å². The van der Waals surface area contributed by atoms with Crippen molar-refractivity contribution in [3.63, 3.8) is 0 Å². The summed E-state index contributed by atoms with van der Waals surface area (Å²) in [6.07, 6.45) is 2.93. The number of hydrogen-bond donors (Lipinski definition) is 1. The lowest BCUT2D eigenvalue weighted by Gasteiger charge is -2.34. The summed E-state index contributed by atoms with van der Waals surface area (Å²) in [4.78, 5) is 17.1. The zero-order chi connectivity index (χ0) is 14.1. The van der Waals surface area contributed by atoms with E-state index in [0.717, 1.165) is 26.1 Å². The van der Waals surface area contributed by atoms with Crippen LogP contribution in [0.2, 0.25) is 5.28 Å². The quantitative estimate of drug-likeness (QED) is 0.888. The number of anilines is 2. The monoisotopic (exact) mass is 297 g/mol. The third-order valence-electron chi connectivity index (χ3n) is 4.17. The first kappa shape index (κ1) is 13.8. The fourth-order valence-corrected chi connectivity index (χ4v) is 2.91. The highest BCUT2D eigenvalue weighted by molar-refractivity contribution is 6.28. The minimum atomic E-state index is -0.338. The van der Waals surface area contributed by atoms with Gasteiger partial charge in [0.1, 0.15) is 0 Å². The Morgan fingerprint density at radius 1 is 1.05 bits per heavy atom. The molecule has 0 spiro atoms. The Morgan fingerprint density at radius 2 is 1.70 bits per heavy atom. The smallest absolute Gasteiger partial charge is 0.231 e. The van der Waals surface area contributed by atoms with Gasteiger partial charge in [-0.15, -0.1) is 0 Å². The van der Waals surface area contributed by atoms with Crippen molar-refractivity contribution >= 4 is 23.5 Å². The van der Waals surface area contributed by atoms with E-state index in [2.05, 4.69) is 26.8 Å². The van der Waals surface area contributed by atoms with E-state index in [9.17, 15) is 5.11 Å². The molecule has 1 aromatic heterocycles. The third-order valence-corrected chi connectivity index (χ3v) is 4.34. The first-order valence-corrected chi connectivity index (χ1v) is 7.61. The molecule has 0 aromatic carbocycles. The maximum Gasteiger partial charge on any atom is 0.231 e. The molecule has 0 aliphatic carbocycles. The summed E-state index contributed by atoms with van der Waals surface area (Å²) in [5.41, 5.74) is 0. The molecule has 0 saturated carbocycles. The maximum atomic E-state index is 10.0. The molecule has 2 aliphatic heterocycles. The average molecular weight is 298 g/mol. The van der Waals surface area contributed by atoms with E-state index in [1.807, 2.05) is 4.90 Å². The van der Waals surface area contributed by atoms with E-state index in [4.69, 9.17) is 11.6 Å². The van der Waals surface area contributed by atoms with Gasteiger partial charge in [-0.1, -0.05) is 6.92 Å². The van der Waals surface area contributed by atoms with Crippen molar-refractivity contribution in [1.82, 2.24) is 15.0 Å². The fourth-order valence-electron chi connectivity index (χ4n) is 2.76. The fraction of sp³-hybridized carbons (Fsp3) is 0.769. The number of β-amino-alcohol motifs (C(OH)–C–C–N with tert-alkyl or cyclic N) is 1. The summed E-state index contributed by atoms with van der Waals surface area (Å²) in [7, 11) is 0. The average Bonchev–Trinajstić information content (AvgIpc) is 2.95. The zero-order valence-corrected chi connectivity index (χ0v) is 12.4. The van der Waals surface area contributed by atoms with Gasteiger partial charge in [-0.2, -0.15) is 15.0 Å². The molecule has 2 atom stereocenters. The Labute approximate surface area is 123 Å². The van der Waals surface area contributed by atoms with E-state index in [1.54, 1.807) is 0 Å². The largest absolute Gasteiger partial charge is 0.391 e. The summed E-state index contributed by atoms with van der Waals surface area (Å²) in [5, 5.41) is 10.2. The van der Waals surface area contributed by atoms with Crippen molar-refractivity contribution < 1.29 is 5.11 Å². The molecule has 2 unspecified atom stereocenters. The Kier molecular flexibility index (Phi) is 3.94. The summed E-state index contributed by atoms with van der Waals surface area (Å²) in [6.45, 7) is 5.41. The van der Waals surface area contributed by atoms with Crippen molar-refractivity contribution in [3.05, 3.63) is 5.28 Å². The molecule has 2 saturated heterocycles. The first-order chi connectivity index (χ1) is 9.63. The summed E-state index contributed by atoms with van der Waals surface area (Å²) in [5.74, 6) is 1.56. The van der Waals surface area contributed by atoms with Crippen LogP contribution in [0.25, 0.3) is 0 Å². The molecule has 1 N–H and O–H groups in total. The number of hydrogen-bond acceptors (Lipinski definition) is 6. The van der Waals surface area contributed by atoms with Crippen LogP contribution < -0.4 is 9.80 Å². The highest BCUT2D eigenvalue weighted by Gasteiger charge is 2.27. The lowest BCUT2D eigenvalue weighted by atomic mass is 9.96. The van der Waals surface area contributed by atoms with E-state index in [1.165, 1.54) is 12.8 Å². The van der Waals surface area contributed by atoms with Crippen molar-refractivity contribution in [2.75, 3.05) is 36.0 Å². The van der Waals surface area contributed by atoms with Crippen LogP contribution in [0, 0.1) is 5.92 Å². The van der Waals surface area contributed by atoms with E-state index < -0.39 is 0 Å². The summed E-state index contributed by atoms with van der Waals surface area (Å²) < 4.78 is 0. The molecule has 6 nitrogen and oxygen atoms in total. The number of aromatic nitrogens is 3. The van der Waals surface area contributed by atoms with Gasteiger partial charge >= 0.3 is 0 Å². The Morgan fingerprint density at radius 3 is 2.35 bits per heavy atom. The van der Waals surface area contributed by atoms with Crippen LogP contribution in [-0.4, -0.2) is 52.3 Å². The van der Waals surface area contributed by atoms with Gasteiger partial charge in [-0.3, -0.25) is 0 Å². The molecule has 0 bridgehead atoms. The second-order valence-electron chi connectivity index (χ2n) is 5.68. The summed E-state index contributed by atoms with van der Waals surface area (Å²) >= 11 is 6.03. The van der Waals surface area contributed by atoms with Gasteiger partial charge < -0.3 is 14.9 Å². The number of aliphatic hydroxyl groups excluding tert-OH is 1. The topological polar surface area (TPSA) is 65.4 Å². The van der Waals surface area contributed by atoms with Crippen LogP contribution in [0.1, 0.15) is 26.2 Å². The molecular formula is C13H20ClN5O. The molecule has 2 aliphatic rings. The van der Waals surface area contributed by atoms with Crippen LogP contribution in [0.3, 0.4) is 0 Å². The highest BCUT2D eigenvalue weighted by Crippen LogP contribution is 2.24. The minimum Gasteiger partial charge on any atom is -0.391 e. The van der Waals surface area contributed by atoms with Crippen LogP contribution >= 0.6 is 11.6 Å². The number of nitrogens with zero attached hydrogens (tertiary/aromatic N) is 5. The summed E-state index contributed by atoms with van der Waals surface area (Å²) in [6, 6.07) is 0. The molecule has 2 fully saturated rings. The number of piperidine rings is 1. The zero-order valence-electron chi connectivity index (χ0n) is 11.7. The van der Waals surface area contributed by atoms with Gasteiger partial charge in [-0.05, 0) is 36.8 Å². The van der Waals surface area contributed by atoms with Crippen molar-refractivity contribution in [1.29, 1.82) is 0 Å². The molecule has 3 heterocycles. The number of rotatable bonds is 2. The second-order valence-corrected chi connectivity index (χ2v) is 6.02. The first-order valence-electron chi connectivity index (χ1n) is 7.23. The van der Waals surface area contributed by atoms with Crippen LogP contribution in [0.5, 0.6) is 0 Å². The van der Waals surface area contributed by atoms with Gasteiger partial charge in [0.15, 0.2) is 0 Å². The predicted molar refractivity (Wildman–Crippen MR) is 78.3 cm³/mol. The molecule has 7 heteroatoms. The van der Waals surface area contributed by atoms with Crippen LogP contribution in [0.15, 0.2) is 0 Å². The molecule has 0 radical (unpaired) electrons. The molecule has 1 aromatic rings. The molecule has 0 amide bonds. The van der Waals surface area contributed by atoms with Gasteiger partial charge in [0.25, 0.3) is 0 Å². The van der Waals surface area contributed by atoms with Gasteiger partial charge in [0, 0.05) is 26.2 Å². The third kappa shape index (κ3) is 2.81. The Balaban J connectivity index is 1.82. The van der Waals surface area contributed by atoms with E-state index in [0.29, 0.717) is 24.4 Å². The SMILES string of the molecule is CC1CCN(c2nc(Cl)nc(N3CCCC3)n2)CC1O. The van der Waals surface area contributed by atoms with Crippen molar-refractivity contribution in [3.8, 4) is 0 Å². The van der Waals surface area contributed by atoms with E-state index in [-0.39, 0.29) is 11.4 Å². The normalized spacial score (nSPS) is 27.1. The van der Waals surface area contributed by atoms with E-state index >= 15 is 0 Å². The highest BCUT2D eigenvalue weighted by atomic mass is 35.5. The molecule has 20 heavy (non-hydrogen) atoms.